The molecule has 0 saturated heterocycles. The molecule has 134 valence electrons. The lowest BCUT2D eigenvalue weighted by atomic mass is 9.69. The number of aromatic hydroxyl groups is 1. The van der Waals surface area contributed by atoms with Gasteiger partial charge in [-0.15, -0.1) is 0 Å². The minimum Gasteiger partial charge on any atom is -0.507 e. The normalized spacial score (nSPS) is 24.7. The lowest BCUT2D eigenvalue weighted by Gasteiger charge is -2.43. The van der Waals surface area contributed by atoms with Crippen molar-refractivity contribution in [3.05, 3.63) is 82.1 Å². The first-order valence-electron chi connectivity index (χ1n) is 8.71. The van der Waals surface area contributed by atoms with Gasteiger partial charge in [0.2, 0.25) is 0 Å². The Morgan fingerprint density at radius 1 is 1.11 bits per heavy atom. The summed E-state index contributed by atoms with van der Waals surface area (Å²) in [6.45, 7) is 3.63. The molecule has 5 rings (SSSR count). The van der Waals surface area contributed by atoms with Crippen LogP contribution in [0.5, 0.6) is 11.5 Å². The van der Waals surface area contributed by atoms with Gasteiger partial charge in [0.1, 0.15) is 23.2 Å². The highest BCUT2D eigenvalue weighted by molar-refractivity contribution is 6.02. The minimum absolute atomic E-state index is 0.0264. The number of rotatable bonds is 0. The van der Waals surface area contributed by atoms with E-state index in [9.17, 15) is 14.7 Å². The van der Waals surface area contributed by atoms with Crippen molar-refractivity contribution in [3.8, 4) is 11.5 Å². The molecule has 0 radical (unpaired) electrons. The molecule has 2 unspecified atom stereocenters. The Kier molecular flexibility index (Phi) is 3.00. The Morgan fingerprint density at radius 2 is 1.89 bits per heavy atom. The first kappa shape index (κ1) is 15.9. The second-order valence-corrected chi connectivity index (χ2v) is 7.10. The standard InChI is InChI=1S/C22H16O5/c1-11-10-12(2)20-18(19(11)24)22(17-15(23)8-5-9-16(17)26-20)14-7-4-3-6-13(14)21(25)27-22/h3-10,17,24H,1-2H3. The Labute approximate surface area is 155 Å². The maximum Gasteiger partial charge on any atom is 0.339 e. The Hall–Kier alpha value is -3.34. The van der Waals surface area contributed by atoms with Gasteiger partial charge >= 0.3 is 5.97 Å². The molecule has 2 aliphatic heterocycles. The van der Waals surface area contributed by atoms with Gasteiger partial charge < -0.3 is 14.6 Å². The number of ether oxygens (including phenoxy) is 2. The summed E-state index contributed by atoms with van der Waals surface area (Å²) in [4.78, 5) is 25.6. The van der Waals surface area contributed by atoms with Gasteiger partial charge in [0.05, 0.1) is 11.1 Å². The van der Waals surface area contributed by atoms with Crippen LogP contribution in [-0.4, -0.2) is 16.9 Å². The molecule has 2 aromatic carbocycles. The zero-order valence-electron chi connectivity index (χ0n) is 14.8. The molecule has 2 atom stereocenters. The molecule has 3 aliphatic rings. The van der Waals surface area contributed by atoms with E-state index >= 15 is 0 Å². The van der Waals surface area contributed by atoms with Crippen LogP contribution >= 0.6 is 0 Å². The number of carbonyl (C=O) groups is 2. The number of ketones is 1. The van der Waals surface area contributed by atoms with Crippen LogP contribution in [0.25, 0.3) is 0 Å². The van der Waals surface area contributed by atoms with Crippen molar-refractivity contribution >= 4 is 11.8 Å². The van der Waals surface area contributed by atoms with Crippen molar-refractivity contribution in [2.45, 2.75) is 19.4 Å². The van der Waals surface area contributed by atoms with Crippen LogP contribution in [0, 0.1) is 19.8 Å². The first-order valence-corrected chi connectivity index (χ1v) is 8.71. The number of esters is 1. The maximum atomic E-state index is 12.9. The maximum absolute atomic E-state index is 12.9. The summed E-state index contributed by atoms with van der Waals surface area (Å²) in [6.07, 6.45) is 4.78. The molecule has 5 heteroatoms. The summed E-state index contributed by atoms with van der Waals surface area (Å²) >= 11 is 0. The highest BCUT2D eigenvalue weighted by Crippen LogP contribution is 2.59. The number of allylic oxidation sites excluding steroid dienone is 3. The second-order valence-electron chi connectivity index (χ2n) is 7.10. The summed E-state index contributed by atoms with van der Waals surface area (Å²) in [5.41, 5.74) is 1.27. The van der Waals surface area contributed by atoms with E-state index in [2.05, 4.69) is 0 Å². The third-order valence-corrected chi connectivity index (χ3v) is 5.52. The number of benzene rings is 2. The predicted molar refractivity (Wildman–Crippen MR) is 96.6 cm³/mol. The molecule has 2 heterocycles. The minimum atomic E-state index is -1.45. The summed E-state index contributed by atoms with van der Waals surface area (Å²) in [5, 5.41) is 11.0. The molecule has 2 aromatic rings. The number of aryl methyl sites for hydroxylation is 2. The van der Waals surface area contributed by atoms with Crippen LogP contribution in [0.4, 0.5) is 0 Å². The van der Waals surface area contributed by atoms with E-state index in [-0.39, 0.29) is 11.5 Å². The number of phenols is 1. The lowest BCUT2D eigenvalue weighted by molar-refractivity contribution is -0.126. The van der Waals surface area contributed by atoms with Crippen LogP contribution in [0.3, 0.4) is 0 Å². The Balaban J connectivity index is 1.96. The van der Waals surface area contributed by atoms with Crippen molar-refractivity contribution in [2.24, 2.45) is 5.92 Å². The summed E-state index contributed by atoms with van der Waals surface area (Å²) in [5.74, 6) is -0.824. The van der Waals surface area contributed by atoms with Crippen molar-refractivity contribution in [1.82, 2.24) is 0 Å². The highest BCUT2D eigenvalue weighted by Gasteiger charge is 2.61. The molecule has 0 aromatic heterocycles. The van der Waals surface area contributed by atoms with Crippen molar-refractivity contribution < 1.29 is 24.2 Å². The molecular formula is C22H16O5. The SMILES string of the molecule is Cc1cc(C)c2c(c1O)C1(OC(=O)c3ccccc31)C1C(=O)C=CC=C1O2. The van der Waals surface area contributed by atoms with Crippen LogP contribution in [0.1, 0.15) is 32.6 Å². The molecular weight excluding hydrogens is 344 g/mol. The molecule has 1 aliphatic carbocycles. The van der Waals surface area contributed by atoms with Gasteiger partial charge in [0, 0.05) is 5.56 Å². The van der Waals surface area contributed by atoms with Gasteiger partial charge in [-0.2, -0.15) is 0 Å². The summed E-state index contributed by atoms with van der Waals surface area (Å²) < 4.78 is 12.0. The number of hydrogen-bond donors (Lipinski definition) is 1. The fourth-order valence-corrected chi connectivity index (χ4v) is 4.40. The Bertz CT molecular complexity index is 1110. The molecule has 0 fully saturated rings. The van der Waals surface area contributed by atoms with Gasteiger partial charge in [-0.3, -0.25) is 4.79 Å². The average Bonchev–Trinajstić information content (AvgIpc) is 2.93. The quantitative estimate of drug-likeness (QED) is 0.729. The van der Waals surface area contributed by atoms with Gasteiger partial charge in [0.15, 0.2) is 11.4 Å². The third-order valence-electron chi connectivity index (χ3n) is 5.52. The van der Waals surface area contributed by atoms with E-state index in [1.807, 2.05) is 13.0 Å². The van der Waals surface area contributed by atoms with E-state index in [0.717, 1.165) is 5.56 Å². The number of phenolic OH excluding ortho intramolecular Hbond substituents is 1. The smallest absolute Gasteiger partial charge is 0.339 e. The van der Waals surface area contributed by atoms with E-state index in [1.165, 1.54) is 6.08 Å². The van der Waals surface area contributed by atoms with Gasteiger partial charge in [0.25, 0.3) is 0 Å². The second kappa shape index (κ2) is 5.10. The van der Waals surface area contributed by atoms with E-state index in [1.54, 1.807) is 43.3 Å². The van der Waals surface area contributed by atoms with Gasteiger partial charge in [-0.25, -0.2) is 4.79 Å². The van der Waals surface area contributed by atoms with Crippen molar-refractivity contribution in [3.63, 3.8) is 0 Å². The van der Waals surface area contributed by atoms with E-state index in [0.29, 0.717) is 33.8 Å². The Morgan fingerprint density at radius 3 is 2.70 bits per heavy atom. The van der Waals surface area contributed by atoms with Crippen molar-refractivity contribution in [2.75, 3.05) is 0 Å². The van der Waals surface area contributed by atoms with Crippen LogP contribution in [0.15, 0.2) is 54.3 Å². The number of fused-ring (bicyclic) bond motifs is 6. The van der Waals surface area contributed by atoms with E-state index in [4.69, 9.17) is 9.47 Å². The lowest BCUT2D eigenvalue weighted by Crippen LogP contribution is -2.47. The largest absolute Gasteiger partial charge is 0.507 e. The summed E-state index contributed by atoms with van der Waals surface area (Å²) in [6, 6.07) is 8.80. The fourth-order valence-electron chi connectivity index (χ4n) is 4.40. The summed E-state index contributed by atoms with van der Waals surface area (Å²) in [7, 11) is 0. The predicted octanol–water partition coefficient (Wildman–Crippen LogP) is 3.45. The topological polar surface area (TPSA) is 72.8 Å². The number of carbonyl (C=O) groups excluding carboxylic acids is 2. The monoisotopic (exact) mass is 360 g/mol. The van der Waals surface area contributed by atoms with Crippen LogP contribution < -0.4 is 4.74 Å². The fraction of sp³-hybridized carbons (Fsp3) is 0.182. The zero-order valence-corrected chi connectivity index (χ0v) is 14.8. The van der Waals surface area contributed by atoms with Crippen LogP contribution in [-0.2, 0) is 15.1 Å². The molecule has 27 heavy (non-hydrogen) atoms. The first-order chi connectivity index (χ1) is 12.9. The number of hydrogen-bond acceptors (Lipinski definition) is 5. The van der Waals surface area contributed by atoms with Crippen LogP contribution in [0.2, 0.25) is 0 Å². The van der Waals surface area contributed by atoms with Gasteiger partial charge in [-0.05, 0) is 49.3 Å². The van der Waals surface area contributed by atoms with Gasteiger partial charge in [-0.1, -0.05) is 24.3 Å². The van der Waals surface area contributed by atoms with E-state index < -0.39 is 17.5 Å². The zero-order chi connectivity index (χ0) is 18.9. The third kappa shape index (κ3) is 1.83. The highest BCUT2D eigenvalue weighted by atomic mass is 16.6. The molecule has 1 spiro atoms. The van der Waals surface area contributed by atoms with Crippen molar-refractivity contribution in [1.29, 1.82) is 0 Å². The molecule has 0 amide bonds. The molecule has 0 bridgehead atoms. The molecule has 1 N–H and O–H groups in total. The molecule has 5 nitrogen and oxygen atoms in total. The molecule has 0 saturated carbocycles. The average molecular weight is 360 g/mol.